The minimum atomic E-state index is -0.977. The molecule has 0 aromatic heterocycles. The molecule has 0 amide bonds. The molecule has 0 fully saturated rings. The highest BCUT2D eigenvalue weighted by atomic mass is 35.5. The number of aromatic carboxylic acids is 1. The van der Waals surface area contributed by atoms with Gasteiger partial charge in [0.15, 0.2) is 0 Å². The summed E-state index contributed by atoms with van der Waals surface area (Å²) >= 11 is 6.46. The first-order valence-electron chi connectivity index (χ1n) is 8.75. The number of benzene rings is 2. The lowest BCUT2D eigenvalue weighted by molar-refractivity contribution is 0.0696. The van der Waals surface area contributed by atoms with Crippen LogP contribution < -0.4 is 14.8 Å². The number of allylic oxidation sites excluding steroid dienone is 2. The zero-order valence-electron chi connectivity index (χ0n) is 15.0. The number of methoxy groups -OCH3 is 2. The second kappa shape index (κ2) is 6.82. The van der Waals surface area contributed by atoms with Crippen molar-refractivity contribution in [2.45, 2.75) is 18.4 Å². The van der Waals surface area contributed by atoms with E-state index in [0.717, 1.165) is 34.7 Å². The third-order valence-electron chi connectivity index (χ3n) is 5.44. The van der Waals surface area contributed by atoms with Crippen LogP contribution in [0.2, 0.25) is 5.02 Å². The maximum atomic E-state index is 11.4. The van der Waals surface area contributed by atoms with Crippen molar-refractivity contribution in [1.29, 1.82) is 0 Å². The maximum Gasteiger partial charge on any atom is 0.335 e. The monoisotopic (exact) mass is 385 g/mol. The Morgan fingerprint density at radius 1 is 1.19 bits per heavy atom. The minimum Gasteiger partial charge on any atom is -0.497 e. The molecule has 0 saturated heterocycles. The molecule has 0 spiro atoms. The van der Waals surface area contributed by atoms with E-state index in [-0.39, 0.29) is 23.4 Å². The minimum absolute atomic E-state index is 0.0317. The van der Waals surface area contributed by atoms with Gasteiger partial charge in [0, 0.05) is 11.5 Å². The molecule has 27 heavy (non-hydrogen) atoms. The molecule has 0 saturated carbocycles. The van der Waals surface area contributed by atoms with E-state index in [0.29, 0.717) is 5.02 Å². The van der Waals surface area contributed by atoms with Crippen molar-refractivity contribution in [3.63, 3.8) is 0 Å². The van der Waals surface area contributed by atoms with Crippen molar-refractivity contribution in [3.05, 3.63) is 64.2 Å². The quantitative estimate of drug-likeness (QED) is 0.734. The highest BCUT2D eigenvalue weighted by Crippen LogP contribution is 2.53. The molecular weight excluding hydrogens is 366 g/mol. The van der Waals surface area contributed by atoms with E-state index in [4.69, 9.17) is 21.1 Å². The van der Waals surface area contributed by atoms with Crippen LogP contribution in [-0.4, -0.2) is 25.3 Å². The van der Waals surface area contributed by atoms with Crippen LogP contribution >= 0.6 is 11.6 Å². The highest BCUT2D eigenvalue weighted by molar-refractivity contribution is 6.33. The molecule has 0 unspecified atom stereocenters. The Morgan fingerprint density at radius 2 is 2.00 bits per heavy atom. The fourth-order valence-corrected chi connectivity index (χ4v) is 4.45. The van der Waals surface area contributed by atoms with Gasteiger partial charge in [0.1, 0.15) is 11.5 Å². The zero-order valence-corrected chi connectivity index (χ0v) is 15.8. The molecule has 1 aliphatic heterocycles. The Hall–Kier alpha value is -2.66. The number of carboxylic acid groups (broad SMARTS) is 1. The molecular formula is C21H20ClNO4. The van der Waals surface area contributed by atoms with Crippen molar-refractivity contribution in [3.8, 4) is 11.5 Å². The predicted octanol–water partition coefficient (Wildman–Crippen LogP) is 4.88. The number of ether oxygens (including phenoxy) is 2. The Labute approximate surface area is 162 Å². The van der Waals surface area contributed by atoms with E-state index in [2.05, 4.69) is 17.5 Å². The molecule has 2 aromatic rings. The number of rotatable bonds is 4. The second-order valence-electron chi connectivity index (χ2n) is 6.81. The van der Waals surface area contributed by atoms with Crippen molar-refractivity contribution < 1.29 is 19.4 Å². The summed E-state index contributed by atoms with van der Waals surface area (Å²) in [5.41, 5.74) is 2.91. The van der Waals surface area contributed by atoms with Crippen molar-refractivity contribution >= 4 is 23.3 Å². The molecule has 5 nitrogen and oxygen atoms in total. The summed E-state index contributed by atoms with van der Waals surface area (Å²) in [5.74, 6) is 0.890. The molecule has 2 aliphatic rings. The average molecular weight is 386 g/mol. The van der Waals surface area contributed by atoms with Crippen molar-refractivity contribution in [2.24, 2.45) is 5.92 Å². The SMILES string of the molecule is COc1ccc(OC)c([C@@H]2Nc3c(Cl)cc(C(=O)O)cc3[C@@H]3C=CC[C@@H]32)c1. The molecule has 6 heteroatoms. The van der Waals surface area contributed by atoms with Crippen LogP contribution in [0.25, 0.3) is 0 Å². The first kappa shape index (κ1) is 17.7. The largest absolute Gasteiger partial charge is 0.497 e. The number of fused-ring (bicyclic) bond motifs is 3. The van der Waals surface area contributed by atoms with Crippen molar-refractivity contribution in [1.82, 2.24) is 0 Å². The van der Waals surface area contributed by atoms with Gasteiger partial charge in [0.2, 0.25) is 0 Å². The van der Waals surface area contributed by atoms with E-state index in [1.54, 1.807) is 20.3 Å². The van der Waals surface area contributed by atoms with Gasteiger partial charge in [-0.3, -0.25) is 0 Å². The summed E-state index contributed by atoms with van der Waals surface area (Å²) in [6, 6.07) is 8.94. The fraction of sp³-hybridized carbons (Fsp3) is 0.286. The fourth-order valence-electron chi connectivity index (χ4n) is 4.17. The van der Waals surface area contributed by atoms with Crippen LogP contribution in [0, 0.1) is 5.92 Å². The van der Waals surface area contributed by atoms with E-state index in [1.807, 2.05) is 18.2 Å². The topological polar surface area (TPSA) is 67.8 Å². The number of nitrogens with one attached hydrogen (secondary N) is 1. The Bertz CT molecular complexity index is 940. The Morgan fingerprint density at radius 3 is 2.70 bits per heavy atom. The molecule has 2 aromatic carbocycles. The van der Waals surface area contributed by atoms with Gasteiger partial charge in [-0.1, -0.05) is 23.8 Å². The normalized spacial score (nSPS) is 22.6. The molecule has 1 aliphatic carbocycles. The van der Waals surface area contributed by atoms with Crippen LogP contribution in [0.4, 0.5) is 5.69 Å². The lowest BCUT2D eigenvalue weighted by atomic mass is 9.76. The first-order chi connectivity index (χ1) is 13.0. The van der Waals surface area contributed by atoms with Gasteiger partial charge in [-0.05, 0) is 48.2 Å². The lowest BCUT2D eigenvalue weighted by Crippen LogP contribution is -2.30. The Balaban J connectivity index is 1.85. The highest BCUT2D eigenvalue weighted by Gasteiger charge is 2.40. The van der Waals surface area contributed by atoms with Crippen LogP contribution in [0.1, 0.15) is 39.9 Å². The van der Waals surface area contributed by atoms with Gasteiger partial charge in [-0.2, -0.15) is 0 Å². The molecule has 0 radical (unpaired) electrons. The van der Waals surface area contributed by atoms with E-state index < -0.39 is 5.97 Å². The summed E-state index contributed by atoms with van der Waals surface area (Å²) in [5, 5.41) is 13.3. The average Bonchev–Trinajstić information content (AvgIpc) is 3.17. The summed E-state index contributed by atoms with van der Waals surface area (Å²) < 4.78 is 11.0. The maximum absolute atomic E-state index is 11.4. The van der Waals surface area contributed by atoms with E-state index in [1.165, 1.54) is 6.07 Å². The molecule has 1 heterocycles. The predicted molar refractivity (Wildman–Crippen MR) is 104 cm³/mol. The summed E-state index contributed by atoms with van der Waals surface area (Å²) in [7, 11) is 3.29. The first-order valence-corrected chi connectivity index (χ1v) is 9.13. The number of carbonyl (C=O) groups is 1. The summed E-state index contributed by atoms with van der Waals surface area (Å²) in [4.78, 5) is 11.4. The number of halogens is 1. The van der Waals surface area contributed by atoms with Crippen LogP contribution in [0.15, 0.2) is 42.5 Å². The van der Waals surface area contributed by atoms with Crippen LogP contribution in [0.3, 0.4) is 0 Å². The van der Waals surface area contributed by atoms with Gasteiger partial charge in [-0.15, -0.1) is 0 Å². The van der Waals surface area contributed by atoms with Crippen LogP contribution in [0.5, 0.6) is 11.5 Å². The molecule has 0 bridgehead atoms. The number of hydrogen-bond acceptors (Lipinski definition) is 4. The number of carboxylic acids is 1. The standard InChI is InChI=1S/C21H20ClNO4/c1-26-12-6-7-18(27-2)16(10-12)19-14-5-3-4-13(14)15-8-11(21(24)25)9-17(22)20(15)23-19/h3-4,6-10,13-14,19,23H,5H2,1-2H3,(H,24,25)/t13-,14+,19-/m1/s1. The van der Waals surface area contributed by atoms with Crippen molar-refractivity contribution in [2.75, 3.05) is 19.5 Å². The third-order valence-corrected chi connectivity index (χ3v) is 5.74. The molecule has 4 rings (SSSR count). The van der Waals surface area contributed by atoms with Gasteiger partial charge >= 0.3 is 5.97 Å². The second-order valence-corrected chi connectivity index (χ2v) is 7.22. The van der Waals surface area contributed by atoms with Crippen LogP contribution in [-0.2, 0) is 0 Å². The molecule has 2 N–H and O–H groups in total. The smallest absolute Gasteiger partial charge is 0.335 e. The van der Waals surface area contributed by atoms with E-state index >= 15 is 0 Å². The summed E-state index contributed by atoms with van der Waals surface area (Å²) in [6.07, 6.45) is 5.18. The number of anilines is 1. The zero-order chi connectivity index (χ0) is 19.1. The number of hydrogen-bond donors (Lipinski definition) is 2. The van der Waals surface area contributed by atoms with Gasteiger partial charge in [0.05, 0.1) is 36.5 Å². The third kappa shape index (κ3) is 2.92. The molecule has 140 valence electrons. The Kier molecular flexibility index (Phi) is 4.48. The van der Waals surface area contributed by atoms with Gasteiger partial charge in [0.25, 0.3) is 0 Å². The van der Waals surface area contributed by atoms with E-state index in [9.17, 15) is 9.90 Å². The van der Waals surface area contributed by atoms with Gasteiger partial charge < -0.3 is 19.9 Å². The summed E-state index contributed by atoms with van der Waals surface area (Å²) in [6.45, 7) is 0. The lowest BCUT2D eigenvalue weighted by Gasteiger charge is -2.38. The molecule has 3 atom stereocenters. The van der Waals surface area contributed by atoms with Gasteiger partial charge in [-0.25, -0.2) is 4.79 Å².